The van der Waals surface area contributed by atoms with Gasteiger partial charge in [0.15, 0.2) is 0 Å². The second kappa shape index (κ2) is 6.66. The van der Waals surface area contributed by atoms with Gasteiger partial charge in [-0.1, -0.05) is 13.8 Å². The van der Waals surface area contributed by atoms with Crippen LogP contribution in [0.5, 0.6) is 0 Å². The van der Waals surface area contributed by atoms with Crippen molar-refractivity contribution in [1.82, 2.24) is 5.32 Å². The zero-order valence-electron chi connectivity index (χ0n) is 9.36. The van der Waals surface area contributed by atoms with E-state index in [9.17, 15) is 4.79 Å². The third kappa shape index (κ3) is 4.66. The van der Waals surface area contributed by atoms with Gasteiger partial charge in [0, 0.05) is 29.1 Å². The number of rotatable bonds is 4. The third-order valence-corrected chi connectivity index (χ3v) is 5.25. The number of thioether (sulfide) groups is 2. The summed E-state index contributed by atoms with van der Waals surface area (Å²) in [6.07, 6.45) is 0. The van der Waals surface area contributed by atoms with E-state index >= 15 is 0 Å². The summed E-state index contributed by atoms with van der Waals surface area (Å²) >= 11 is 3.91. The van der Waals surface area contributed by atoms with Gasteiger partial charge >= 0.3 is 0 Å². The van der Waals surface area contributed by atoms with Crippen molar-refractivity contribution in [2.75, 3.05) is 23.8 Å². The van der Waals surface area contributed by atoms with Gasteiger partial charge in [0.2, 0.25) is 5.91 Å². The van der Waals surface area contributed by atoms with Gasteiger partial charge in [-0.05, 0) is 5.92 Å². The molecule has 3 N–H and O–H groups in total. The van der Waals surface area contributed by atoms with Crippen LogP contribution in [-0.4, -0.2) is 41.0 Å². The Balaban J connectivity index is 2.20. The van der Waals surface area contributed by atoms with Crippen molar-refractivity contribution in [2.24, 2.45) is 11.7 Å². The van der Waals surface area contributed by atoms with Crippen LogP contribution in [0.1, 0.15) is 13.8 Å². The summed E-state index contributed by atoms with van der Waals surface area (Å²) in [6.45, 7) is 4.70. The molecule has 0 radical (unpaired) electrons. The lowest BCUT2D eigenvalue weighted by Crippen LogP contribution is -2.46. The molecule has 88 valence electrons. The first-order chi connectivity index (χ1) is 7.11. The van der Waals surface area contributed by atoms with Crippen LogP contribution < -0.4 is 11.1 Å². The van der Waals surface area contributed by atoms with Crippen LogP contribution in [0.15, 0.2) is 0 Å². The van der Waals surface area contributed by atoms with E-state index in [-0.39, 0.29) is 17.9 Å². The molecule has 0 aromatic heterocycles. The van der Waals surface area contributed by atoms with Crippen molar-refractivity contribution in [3.05, 3.63) is 0 Å². The number of nitrogens with one attached hydrogen (secondary N) is 1. The van der Waals surface area contributed by atoms with Crippen molar-refractivity contribution < 1.29 is 4.79 Å². The summed E-state index contributed by atoms with van der Waals surface area (Å²) in [5.74, 6) is 3.77. The highest BCUT2D eigenvalue weighted by Crippen LogP contribution is 2.23. The molecule has 1 amide bonds. The topological polar surface area (TPSA) is 55.1 Å². The van der Waals surface area contributed by atoms with E-state index in [1.807, 2.05) is 37.4 Å². The van der Waals surface area contributed by atoms with E-state index in [0.29, 0.717) is 5.25 Å². The molecule has 0 aromatic carbocycles. The summed E-state index contributed by atoms with van der Waals surface area (Å²) in [7, 11) is 0. The molecule has 0 aliphatic carbocycles. The zero-order valence-corrected chi connectivity index (χ0v) is 11.0. The lowest BCUT2D eigenvalue weighted by Gasteiger charge is -2.22. The standard InChI is InChI=1S/C10H20N2OS2/c1-7(2)9(11)10(13)12-5-8-6-14-3-4-15-8/h7-9H,3-6,11H2,1-2H3,(H,12,13)/t8?,9-/m1/s1. The average molecular weight is 248 g/mol. The van der Waals surface area contributed by atoms with Crippen molar-refractivity contribution >= 4 is 29.4 Å². The normalized spacial score (nSPS) is 23.9. The molecule has 1 rings (SSSR count). The summed E-state index contributed by atoms with van der Waals surface area (Å²) in [5.41, 5.74) is 5.75. The quantitative estimate of drug-likeness (QED) is 0.777. The fourth-order valence-corrected chi connectivity index (χ4v) is 3.90. The number of amides is 1. The second-order valence-corrected chi connectivity index (χ2v) is 6.64. The number of carbonyl (C=O) groups is 1. The predicted octanol–water partition coefficient (Wildman–Crippen LogP) is 0.935. The maximum absolute atomic E-state index is 11.6. The number of carbonyl (C=O) groups excluding carboxylic acids is 1. The Morgan fingerprint density at radius 2 is 2.27 bits per heavy atom. The lowest BCUT2D eigenvalue weighted by molar-refractivity contribution is -0.123. The summed E-state index contributed by atoms with van der Waals surface area (Å²) in [5, 5.41) is 3.50. The minimum atomic E-state index is -0.369. The van der Waals surface area contributed by atoms with Crippen LogP contribution in [0.4, 0.5) is 0 Å². The molecule has 0 saturated carbocycles. The monoisotopic (exact) mass is 248 g/mol. The molecule has 1 aliphatic heterocycles. The number of hydrogen-bond donors (Lipinski definition) is 2. The molecule has 0 aromatic rings. The van der Waals surface area contributed by atoms with Crippen molar-refractivity contribution in [1.29, 1.82) is 0 Å². The van der Waals surface area contributed by atoms with Crippen LogP contribution >= 0.6 is 23.5 Å². The highest BCUT2D eigenvalue weighted by molar-refractivity contribution is 8.06. The molecule has 5 heteroatoms. The molecule has 1 fully saturated rings. The van der Waals surface area contributed by atoms with Crippen molar-refractivity contribution in [3.8, 4) is 0 Å². The molecule has 15 heavy (non-hydrogen) atoms. The Bertz CT molecular complexity index is 206. The van der Waals surface area contributed by atoms with E-state index in [1.165, 1.54) is 11.5 Å². The Labute approximate surface area is 100 Å². The maximum Gasteiger partial charge on any atom is 0.237 e. The highest BCUT2D eigenvalue weighted by atomic mass is 32.2. The fourth-order valence-electron chi connectivity index (χ4n) is 1.29. The smallest absolute Gasteiger partial charge is 0.237 e. The molecule has 1 heterocycles. The Morgan fingerprint density at radius 3 is 2.80 bits per heavy atom. The third-order valence-electron chi connectivity index (χ3n) is 2.41. The van der Waals surface area contributed by atoms with Gasteiger partial charge in [-0.2, -0.15) is 23.5 Å². The van der Waals surface area contributed by atoms with Gasteiger partial charge in [-0.15, -0.1) is 0 Å². The van der Waals surface area contributed by atoms with Gasteiger partial charge in [0.05, 0.1) is 6.04 Å². The molecule has 1 unspecified atom stereocenters. The minimum Gasteiger partial charge on any atom is -0.354 e. The molecule has 0 bridgehead atoms. The van der Waals surface area contributed by atoms with E-state index < -0.39 is 0 Å². The fraction of sp³-hybridized carbons (Fsp3) is 0.900. The first kappa shape index (κ1) is 13.2. The van der Waals surface area contributed by atoms with Crippen molar-refractivity contribution in [2.45, 2.75) is 25.1 Å². The molecule has 1 saturated heterocycles. The summed E-state index contributed by atoms with van der Waals surface area (Å²) in [4.78, 5) is 11.6. The van der Waals surface area contributed by atoms with Gasteiger partial charge < -0.3 is 11.1 Å². The Hall–Kier alpha value is 0.130. The van der Waals surface area contributed by atoms with E-state index in [4.69, 9.17) is 5.73 Å². The Morgan fingerprint density at radius 1 is 1.53 bits per heavy atom. The van der Waals surface area contributed by atoms with E-state index in [2.05, 4.69) is 5.32 Å². The SMILES string of the molecule is CC(C)[C@@H](N)C(=O)NCC1CSCCS1. The first-order valence-electron chi connectivity index (χ1n) is 5.34. The first-order valence-corrected chi connectivity index (χ1v) is 7.54. The lowest BCUT2D eigenvalue weighted by atomic mass is 10.1. The molecule has 0 spiro atoms. The van der Waals surface area contributed by atoms with Crippen LogP contribution in [0, 0.1) is 5.92 Å². The molecule has 3 nitrogen and oxygen atoms in total. The number of nitrogens with two attached hydrogens (primary N) is 1. The molecule has 1 aliphatic rings. The maximum atomic E-state index is 11.6. The number of hydrogen-bond acceptors (Lipinski definition) is 4. The molecular formula is C10H20N2OS2. The van der Waals surface area contributed by atoms with Gasteiger partial charge in [0.25, 0.3) is 0 Å². The van der Waals surface area contributed by atoms with E-state index in [1.54, 1.807) is 0 Å². The van der Waals surface area contributed by atoms with Gasteiger partial charge in [0.1, 0.15) is 0 Å². The Kier molecular flexibility index (Phi) is 5.86. The van der Waals surface area contributed by atoms with Gasteiger partial charge in [-0.25, -0.2) is 0 Å². The predicted molar refractivity (Wildman–Crippen MR) is 69.4 cm³/mol. The van der Waals surface area contributed by atoms with Crippen LogP contribution in [0.2, 0.25) is 0 Å². The van der Waals surface area contributed by atoms with Crippen LogP contribution in [0.3, 0.4) is 0 Å². The highest BCUT2D eigenvalue weighted by Gasteiger charge is 2.19. The molecule has 2 atom stereocenters. The van der Waals surface area contributed by atoms with Crippen LogP contribution in [-0.2, 0) is 4.79 Å². The second-order valence-electron chi connectivity index (χ2n) is 4.08. The van der Waals surface area contributed by atoms with E-state index in [0.717, 1.165) is 12.3 Å². The zero-order chi connectivity index (χ0) is 11.3. The summed E-state index contributed by atoms with van der Waals surface area (Å²) < 4.78 is 0. The minimum absolute atomic E-state index is 0.0128. The van der Waals surface area contributed by atoms with Gasteiger partial charge in [-0.3, -0.25) is 4.79 Å². The average Bonchev–Trinajstić information content (AvgIpc) is 2.26. The van der Waals surface area contributed by atoms with Crippen LogP contribution in [0.25, 0.3) is 0 Å². The van der Waals surface area contributed by atoms with Crippen molar-refractivity contribution in [3.63, 3.8) is 0 Å². The molecular weight excluding hydrogens is 228 g/mol. The summed E-state index contributed by atoms with van der Waals surface area (Å²) in [6, 6.07) is -0.369. The largest absolute Gasteiger partial charge is 0.354 e.